The lowest BCUT2D eigenvalue weighted by Gasteiger charge is -2.05. The van der Waals surface area contributed by atoms with Crippen molar-refractivity contribution in [3.8, 4) is 0 Å². The van der Waals surface area contributed by atoms with Crippen LogP contribution in [0.4, 0.5) is 5.69 Å². The van der Waals surface area contributed by atoms with E-state index in [4.69, 9.17) is 9.56 Å². The molecule has 3 rings (SSSR count). The first-order valence-corrected chi connectivity index (χ1v) is 10.2. The van der Waals surface area contributed by atoms with Crippen LogP contribution in [0.5, 0.6) is 0 Å². The molecule has 27 heavy (non-hydrogen) atoms. The van der Waals surface area contributed by atoms with Gasteiger partial charge in [-0.2, -0.15) is 5.10 Å². The number of carbonyl (C=O) groups is 1. The van der Waals surface area contributed by atoms with Crippen molar-refractivity contribution in [3.05, 3.63) is 63.8 Å². The molecule has 0 radical (unpaired) electrons. The molecule has 10 heteroatoms. The number of nitrogens with one attached hydrogen (secondary N) is 1. The molecule has 0 fully saturated rings. The summed E-state index contributed by atoms with van der Waals surface area (Å²) in [6.07, 6.45) is 0. The Hall–Kier alpha value is -2.43. The molecule has 2 heterocycles. The highest BCUT2D eigenvalue weighted by atomic mass is 79.9. The van der Waals surface area contributed by atoms with Gasteiger partial charge in [0.2, 0.25) is 10.0 Å². The summed E-state index contributed by atoms with van der Waals surface area (Å²) in [4.78, 5) is 12.3. The van der Waals surface area contributed by atoms with Crippen LogP contribution in [0.25, 0.3) is 0 Å². The number of aromatic nitrogens is 2. The van der Waals surface area contributed by atoms with Crippen molar-refractivity contribution in [3.63, 3.8) is 0 Å². The third kappa shape index (κ3) is 4.29. The molecule has 0 unspecified atom stereocenters. The highest BCUT2D eigenvalue weighted by Crippen LogP contribution is 2.21. The van der Waals surface area contributed by atoms with Gasteiger partial charge >= 0.3 is 0 Å². The third-order valence-electron chi connectivity index (χ3n) is 3.92. The number of hydrogen-bond acceptors (Lipinski definition) is 5. The second-order valence-corrected chi connectivity index (χ2v) is 8.29. The van der Waals surface area contributed by atoms with E-state index in [2.05, 4.69) is 26.3 Å². The average Bonchev–Trinajstić information content (AvgIpc) is 3.16. The SMILES string of the molecule is Cc1nn(Cc2ccc(C(=O)Nc3ccc(S(N)(=O)=O)cc3)o2)c(C)c1Br. The Labute approximate surface area is 164 Å². The summed E-state index contributed by atoms with van der Waals surface area (Å²) >= 11 is 3.47. The fourth-order valence-corrected chi connectivity index (χ4v) is 3.28. The standard InChI is InChI=1S/C17H17BrN4O4S/c1-10-16(18)11(2)22(21-10)9-13-5-8-15(26-13)17(23)20-12-3-6-14(7-4-12)27(19,24)25/h3-8H,9H2,1-2H3,(H,20,23)(H2,19,24,25). The predicted molar refractivity (Wildman–Crippen MR) is 103 cm³/mol. The number of primary sulfonamides is 1. The molecular weight excluding hydrogens is 436 g/mol. The van der Waals surface area contributed by atoms with Crippen molar-refractivity contribution in [2.75, 3.05) is 5.32 Å². The first-order valence-electron chi connectivity index (χ1n) is 7.87. The summed E-state index contributed by atoms with van der Waals surface area (Å²) in [5, 5.41) is 12.1. The van der Waals surface area contributed by atoms with Gasteiger partial charge < -0.3 is 9.73 Å². The highest BCUT2D eigenvalue weighted by molar-refractivity contribution is 9.10. The molecule has 1 amide bonds. The molecular formula is C17H17BrN4O4S. The Kier molecular flexibility index (Phi) is 5.22. The summed E-state index contributed by atoms with van der Waals surface area (Å²) < 4.78 is 30.8. The van der Waals surface area contributed by atoms with Gasteiger partial charge in [-0.25, -0.2) is 13.6 Å². The lowest BCUT2D eigenvalue weighted by Crippen LogP contribution is -2.13. The maximum atomic E-state index is 12.3. The number of benzene rings is 1. The van der Waals surface area contributed by atoms with E-state index in [1.165, 1.54) is 24.3 Å². The van der Waals surface area contributed by atoms with Gasteiger partial charge in [-0.15, -0.1) is 0 Å². The molecule has 0 bridgehead atoms. The van der Waals surface area contributed by atoms with E-state index < -0.39 is 15.9 Å². The molecule has 0 atom stereocenters. The highest BCUT2D eigenvalue weighted by Gasteiger charge is 2.15. The van der Waals surface area contributed by atoms with Crippen LogP contribution in [-0.2, 0) is 16.6 Å². The number of aryl methyl sites for hydroxylation is 1. The summed E-state index contributed by atoms with van der Waals surface area (Å²) in [5.74, 6) is 0.281. The number of nitrogens with two attached hydrogens (primary N) is 1. The van der Waals surface area contributed by atoms with Gasteiger partial charge in [0.15, 0.2) is 5.76 Å². The molecule has 0 aliphatic heterocycles. The van der Waals surface area contributed by atoms with E-state index in [-0.39, 0.29) is 10.7 Å². The summed E-state index contributed by atoms with van der Waals surface area (Å²) in [5.41, 5.74) is 2.26. The van der Waals surface area contributed by atoms with Crippen LogP contribution < -0.4 is 10.5 Å². The number of furan rings is 1. The molecule has 0 spiro atoms. The van der Waals surface area contributed by atoms with Crippen LogP contribution in [-0.4, -0.2) is 24.1 Å². The van der Waals surface area contributed by atoms with Gasteiger partial charge in [-0.1, -0.05) is 0 Å². The molecule has 142 valence electrons. The molecule has 0 aliphatic carbocycles. The molecule has 1 aromatic carbocycles. The molecule has 0 saturated heterocycles. The molecule has 3 aromatic rings. The summed E-state index contributed by atoms with van der Waals surface area (Å²) in [6, 6.07) is 8.83. The molecule has 0 aliphatic rings. The molecule has 8 nitrogen and oxygen atoms in total. The molecule has 2 aromatic heterocycles. The summed E-state index contributed by atoms with van der Waals surface area (Å²) in [7, 11) is -3.77. The van der Waals surface area contributed by atoms with E-state index in [9.17, 15) is 13.2 Å². The minimum Gasteiger partial charge on any atom is -0.454 e. The zero-order valence-electron chi connectivity index (χ0n) is 14.6. The zero-order valence-corrected chi connectivity index (χ0v) is 17.0. The number of nitrogens with zero attached hydrogens (tertiary/aromatic N) is 2. The smallest absolute Gasteiger partial charge is 0.291 e. The number of rotatable bonds is 5. The van der Waals surface area contributed by atoms with Gasteiger partial charge in [0.05, 0.1) is 27.3 Å². The first-order chi connectivity index (χ1) is 12.6. The largest absolute Gasteiger partial charge is 0.454 e. The minimum absolute atomic E-state index is 0.0307. The first kappa shape index (κ1) is 19.3. The normalized spacial score (nSPS) is 11.6. The van der Waals surface area contributed by atoms with E-state index in [0.717, 1.165) is 15.9 Å². The number of hydrogen-bond donors (Lipinski definition) is 2. The maximum absolute atomic E-state index is 12.3. The third-order valence-corrected chi connectivity index (χ3v) is 6.00. The fourth-order valence-electron chi connectivity index (χ4n) is 2.48. The van der Waals surface area contributed by atoms with Crippen LogP contribution in [0, 0.1) is 13.8 Å². The predicted octanol–water partition coefficient (Wildman–Crippen LogP) is 2.80. The van der Waals surface area contributed by atoms with Gasteiger partial charge in [-0.05, 0) is 66.2 Å². The zero-order chi connectivity index (χ0) is 19.8. The molecule has 0 saturated carbocycles. The van der Waals surface area contributed by atoms with Gasteiger partial charge in [0.1, 0.15) is 5.76 Å². The Morgan fingerprint density at radius 2 is 1.89 bits per heavy atom. The Balaban J connectivity index is 1.70. The van der Waals surface area contributed by atoms with Crippen LogP contribution in [0.15, 0.2) is 50.2 Å². The van der Waals surface area contributed by atoms with E-state index in [1.54, 1.807) is 16.8 Å². The van der Waals surface area contributed by atoms with Gasteiger partial charge in [0, 0.05) is 5.69 Å². The van der Waals surface area contributed by atoms with Crippen molar-refractivity contribution in [1.29, 1.82) is 0 Å². The number of sulfonamides is 1. The van der Waals surface area contributed by atoms with Crippen LogP contribution in [0.2, 0.25) is 0 Å². The van der Waals surface area contributed by atoms with Crippen molar-refractivity contribution in [2.45, 2.75) is 25.3 Å². The number of anilines is 1. The number of halogens is 1. The van der Waals surface area contributed by atoms with Gasteiger partial charge in [-0.3, -0.25) is 9.48 Å². The fraction of sp³-hybridized carbons (Fsp3) is 0.176. The Morgan fingerprint density at radius 3 is 2.44 bits per heavy atom. The van der Waals surface area contributed by atoms with Crippen LogP contribution in [0.3, 0.4) is 0 Å². The van der Waals surface area contributed by atoms with Crippen LogP contribution in [0.1, 0.15) is 27.7 Å². The summed E-state index contributed by atoms with van der Waals surface area (Å²) in [6.45, 7) is 4.23. The van der Waals surface area contributed by atoms with Crippen molar-refractivity contribution in [2.24, 2.45) is 5.14 Å². The minimum atomic E-state index is -3.77. The maximum Gasteiger partial charge on any atom is 0.291 e. The lowest BCUT2D eigenvalue weighted by atomic mass is 10.3. The van der Waals surface area contributed by atoms with Gasteiger partial charge in [0.25, 0.3) is 5.91 Å². The molecule has 3 N–H and O–H groups in total. The topological polar surface area (TPSA) is 120 Å². The van der Waals surface area contributed by atoms with E-state index >= 15 is 0 Å². The number of amides is 1. The van der Waals surface area contributed by atoms with Crippen molar-refractivity contribution < 1.29 is 17.6 Å². The Morgan fingerprint density at radius 1 is 1.22 bits per heavy atom. The van der Waals surface area contributed by atoms with Crippen molar-refractivity contribution in [1.82, 2.24) is 9.78 Å². The number of carbonyl (C=O) groups excluding carboxylic acids is 1. The van der Waals surface area contributed by atoms with Crippen LogP contribution >= 0.6 is 15.9 Å². The second-order valence-electron chi connectivity index (χ2n) is 5.93. The second kappa shape index (κ2) is 7.29. The monoisotopic (exact) mass is 452 g/mol. The average molecular weight is 453 g/mol. The van der Waals surface area contributed by atoms with E-state index in [1.807, 2.05) is 13.8 Å². The lowest BCUT2D eigenvalue weighted by molar-refractivity contribution is 0.0994. The van der Waals surface area contributed by atoms with Crippen molar-refractivity contribution >= 4 is 37.5 Å². The van der Waals surface area contributed by atoms with E-state index in [0.29, 0.717) is 18.0 Å². The quantitative estimate of drug-likeness (QED) is 0.616. The Bertz CT molecular complexity index is 1100.